The predicted octanol–water partition coefficient (Wildman–Crippen LogP) is 1.26. The summed E-state index contributed by atoms with van der Waals surface area (Å²) in [5.74, 6) is 0.494. The van der Waals surface area contributed by atoms with Crippen LogP contribution in [-0.2, 0) is 9.53 Å². The number of carbonyl (C=O) groups is 1. The molecular formula is C13H26N2O2. The Morgan fingerprint density at radius 3 is 2.65 bits per heavy atom. The van der Waals surface area contributed by atoms with Crippen LogP contribution in [0.3, 0.4) is 0 Å². The van der Waals surface area contributed by atoms with Gasteiger partial charge in [-0.05, 0) is 53.6 Å². The minimum absolute atomic E-state index is 0.163. The van der Waals surface area contributed by atoms with Crippen molar-refractivity contribution in [1.82, 2.24) is 10.2 Å². The largest absolute Gasteiger partial charge is 0.459 e. The van der Waals surface area contributed by atoms with Crippen molar-refractivity contribution in [1.29, 1.82) is 0 Å². The highest BCUT2D eigenvalue weighted by Gasteiger charge is 2.24. The molecule has 1 N–H and O–H groups in total. The van der Waals surface area contributed by atoms with Crippen molar-refractivity contribution in [3.63, 3.8) is 0 Å². The zero-order valence-electron chi connectivity index (χ0n) is 11.7. The predicted molar refractivity (Wildman–Crippen MR) is 68.9 cm³/mol. The van der Waals surface area contributed by atoms with Crippen LogP contribution >= 0.6 is 0 Å². The summed E-state index contributed by atoms with van der Waals surface area (Å²) in [6, 6.07) is -0.222. The van der Waals surface area contributed by atoms with E-state index in [0.29, 0.717) is 5.92 Å². The summed E-state index contributed by atoms with van der Waals surface area (Å²) >= 11 is 0. The Kier molecular flexibility index (Phi) is 4.95. The van der Waals surface area contributed by atoms with Crippen LogP contribution in [-0.4, -0.2) is 49.2 Å². The van der Waals surface area contributed by atoms with E-state index in [2.05, 4.69) is 17.3 Å². The van der Waals surface area contributed by atoms with Gasteiger partial charge in [-0.3, -0.25) is 4.79 Å². The molecule has 2 unspecified atom stereocenters. The molecule has 1 saturated heterocycles. The van der Waals surface area contributed by atoms with Gasteiger partial charge >= 0.3 is 5.97 Å². The Bertz CT molecular complexity index is 261. The first-order valence-corrected chi connectivity index (χ1v) is 6.43. The molecule has 100 valence electrons. The van der Waals surface area contributed by atoms with E-state index in [1.165, 1.54) is 6.42 Å². The molecule has 0 aliphatic carbocycles. The summed E-state index contributed by atoms with van der Waals surface area (Å²) in [6.45, 7) is 10.7. The first kappa shape index (κ1) is 14.5. The Labute approximate surface area is 105 Å². The number of nitrogens with zero attached hydrogens (tertiary/aromatic N) is 1. The Morgan fingerprint density at radius 2 is 2.18 bits per heavy atom. The van der Waals surface area contributed by atoms with Crippen molar-refractivity contribution >= 4 is 5.97 Å². The van der Waals surface area contributed by atoms with Crippen LogP contribution in [0.25, 0.3) is 0 Å². The molecule has 17 heavy (non-hydrogen) atoms. The summed E-state index contributed by atoms with van der Waals surface area (Å²) in [4.78, 5) is 14.1. The Balaban J connectivity index is 2.24. The molecule has 0 amide bonds. The fraction of sp³-hybridized carbons (Fsp3) is 0.923. The van der Waals surface area contributed by atoms with Crippen LogP contribution in [0, 0.1) is 5.92 Å². The number of hydrogen-bond donors (Lipinski definition) is 1. The molecule has 0 saturated carbocycles. The molecule has 1 aliphatic heterocycles. The summed E-state index contributed by atoms with van der Waals surface area (Å²) < 4.78 is 5.32. The van der Waals surface area contributed by atoms with E-state index < -0.39 is 5.60 Å². The normalized spacial score (nSPS) is 23.7. The van der Waals surface area contributed by atoms with E-state index in [9.17, 15) is 4.79 Å². The Morgan fingerprint density at radius 1 is 1.53 bits per heavy atom. The molecule has 0 aromatic rings. The smallest absolute Gasteiger partial charge is 0.323 e. The van der Waals surface area contributed by atoms with Gasteiger partial charge in [0.05, 0.1) is 0 Å². The zero-order chi connectivity index (χ0) is 13.1. The van der Waals surface area contributed by atoms with Crippen LogP contribution in [0.15, 0.2) is 0 Å². The van der Waals surface area contributed by atoms with Crippen LogP contribution in [0.4, 0.5) is 0 Å². The fourth-order valence-electron chi connectivity index (χ4n) is 2.01. The van der Waals surface area contributed by atoms with Gasteiger partial charge in [-0.15, -0.1) is 0 Å². The third-order valence-electron chi connectivity index (χ3n) is 2.96. The van der Waals surface area contributed by atoms with E-state index in [-0.39, 0.29) is 12.0 Å². The van der Waals surface area contributed by atoms with Gasteiger partial charge in [-0.25, -0.2) is 0 Å². The van der Waals surface area contributed by atoms with Gasteiger partial charge < -0.3 is 15.0 Å². The number of ether oxygens (including phenoxy) is 1. The SMILES string of the molecule is CC(NCC1CCN(C)C1)C(=O)OC(C)(C)C. The first-order valence-electron chi connectivity index (χ1n) is 6.43. The monoisotopic (exact) mass is 242 g/mol. The molecule has 1 heterocycles. The van der Waals surface area contributed by atoms with Gasteiger partial charge in [-0.1, -0.05) is 0 Å². The average molecular weight is 242 g/mol. The lowest BCUT2D eigenvalue weighted by atomic mass is 10.1. The van der Waals surface area contributed by atoms with E-state index in [1.54, 1.807) is 0 Å². The molecule has 0 aromatic carbocycles. The molecular weight excluding hydrogens is 216 g/mol. The van der Waals surface area contributed by atoms with E-state index in [1.807, 2.05) is 27.7 Å². The van der Waals surface area contributed by atoms with Crippen molar-refractivity contribution < 1.29 is 9.53 Å². The maximum absolute atomic E-state index is 11.7. The highest BCUT2D eigenvalue weighted by Crippen LogP contribution is 2.13. The maximum Gasteiger partial charge on any atom is 0.323 e. The van der Waals surface area contributed by atoms with Crippen LogP contribution in [0.5, 0.6) is 0 Å². The quantitative estimate of drug-likeness (QED) is 0.754. The van der Waals surface area contributed by atoms with Gasteiger partial charge in [0, 0.05) is 13.1 Å². The van der Waals surface area contributed by atoms with Gasteiger partial charge in [0.1, 0.15) is 11.6 Å². The number of carbonyl (C=O) groups excluding carboxylic acids is 1. The highest BCUT2D eigenvalue weighted by atomic mass is 16.6. The fourth-order valence-corrected chi connectivity index (χ4v) is 2.01. The summed E-state index contributed by atoms with van der Waals surface area (Å²) in [5.41, 5.74) is -0.402. The number of likely N-dealkylation sites (tertiary alicyclic amines) is 1. The number of rotatable bonds is 4. The minimum atomic E-state index is -0.402. The number of hydrogen-bond acceptors (Lipinski definition) is 4. The van der Waals surface area contributed by atoms with Crippen molar-refractivity contribution in [2.75, 3.05) is 26.7 Å². The van der Waals surface area contributed by atoms with Crippen molar-refractivity contribution in [3.05, 3.63) is 0 Å². The first-order chi connectivity index (χ1) is 7.78. The topological polar surface area (TPSA) is 41.6 Å². The molecule has 1 rings (SSSR count). The lowest BCUT2D eigenvalue weighted by Gasteiger charge is -2.23. The minimum Gasteiger partial charge on any atom is -0.459 e. The second-order valence-electron chi connectivity index (χ2n) is 6.08. The van der Waals surface area contributed by atoms with Crippen molar-refractivity contribution in [2.45, 2.75) is 45.8 Å². The van der Waals surface area contributed by atoms with E-state index >= 15 is 0 Å². The third-order valence-corrected chi connectivity index (χ3v) is 2.96. The third kappa shape index (κ3) is 5.50. The van der Waals surface area contributed by atoms with Crippen molar-refractivity contribution in [2.24, 2.45) is 5.92 Å². The van der Waals surface area contributed by atoms with Gasteiger partial charge in [0.2, 0.25) is 0 Å². The molecule has 2 atom stereocenters. The van der Waals surface area contributed by atoms with Crippen LogP contribution in [0.1, 0.15) is 34.1 Å². The molecule has 0 spiro atoms. The summed E-state index contributed by atoms with van der Waals surface area (Å²) in [6.07, 6.45) is 1.21. The average Bonchev–Trinajstić information content (AvgIpc) is 2.58. The Hall–Kier alpha value is -0.610. The van der Waals surface area contributed by atoms with E-state index in [4.69, 9.17) is 4.74 Å². The van der Waals surface area contributed by atoms with Crippen LogP contribution in [0.2, 0.25) is 0 Å². The molecule has 4 nitrogen and oxygen atoms in total. The number of nitrogens with one attached hydrogen (secondary N) is 1. The molecule has 1 fully saturated rings. The molecule has 0 bridgehead atoms. The van der Waals surface area contributed by atoms with Crippen LogP contribution < -0.4 is 5.32 Å². The molecule has 4 heteroatoms. The van der Waals surface area contributed by atoms with Crippen molar-refractivity contribution in [3.8, 4) is 0 Å². The molecule has 0 aromatic heterocycles. The molecule has 0 radical (unpaired) electrons. The second kappa shape index (κ2) is 5.83. The summed E-state index contributed by atoms with van der Waals surface area (Å²) in [5, 5.41) is 3.27. The lowest BCUT2D eigenvalue weighted by Crippen LogP contribution is -2.41. The van der Waals surface area contributed by atoms with Gasteiger partial charge in [0.15, 0.2) is 0 Å². The summed E-state index contributed by atoms with van der Waals surface area (Å²) in [7, 11) is 2.14. The number of esters is 1. The lowest BCUT2D eigenvalue weighted by molar-refractivity contribution is -0.157. The van der Waals surface area contributed by atoms with Gasteiger partial charge in [-0.2, -0.15) is 0 Å². The second-order valence-corrected chi connectivity index (χ2v) is 6.08. The molecule has 1 aliphatic rings. The highest BCUT2D eigenvalue weighted by molar-refractivity contribution is 5.75. The van der Waals surface area contributed by atoms with Gasteiger partial charge in [0.25, 0.3) is 0 Å². The zero-order valence-corrected chi connectivity index (χ0v) is 11.7. The standard InChI is InChI=1S/C13H26N2O2/c1-10(12(16)17-13(2,3)4)14-8-11-6-7-15(5)9-11/h10-11,14H,6-9H2,1-5H3. The maximum atomic E-state index is 11.7. The van der Waals surface area contributed by atoms with E-state index in [0.717, 1.165) is 19.6 Å².